The van der Waals surface area contributed by atoms with Gasteiger partial charge < -0.3 is 11.1 Å². The van der Waals surface area contributed by atoms with Crippen LogP contribution in [0.4, 0.5) is 4.79 Å². The van der Waals surface area contributed by atoms with Crippen molar-refractivity contribution >= 4 is 23.9 Å². The second-order valence-electron chi connectivity index (χ2n) is 3.12. The maximum Gasteiger partial charge on any atom is 0.332 e. The Kier molecular flexibility index (Phi) is 3.78. The van der Waals surface area contributed by atoms with Crippen molar-refractivity contribution in [1.82, 2.24) is 10.7 Å². The Labute approximate surface area is 86.1 Å². The SMILES string of the molecule is NC(=O)N/N=C/C1CCCNC(=O)C1=O. The summed E-state index contributed by atoms with van der Waals surface area (Å²) in [6, 6.07) is -0.809. The quantitative estimate of drug-likeness (QED) is 0.301. The number of ketones is 1. The summed E-state index contributed by atoms with van der Waals surface area (Å²) >= 11 is 0. The summed E-state index contributed by atoms with van der Waals surface area (Å²) in [5.74, 6) is -1.73. The van der Waals surface area contributed by atoms with Gasteiger partial charge in [-0.1, -0.05) is 0 Å². The van der Waals surface area contributed by atoms with E-state index in [0.717, 1.165) is 0 Å². The first-order chi connectivity index (χ1) is 7.11. The first kappa shape index (κ1) is 11.2. The van der Waals surface area contributed by atoms with Gasteiger partial charge in [0.05, 0.1) is 5.92 Å². The van der Waals surface area contributed by atoms with Crippen molar-refractivity contribution in [2.75, 3.05) is 6.54 Å². The highest BCUT2D eigenvalue weighted by Gasteiger charge is 2.25. The summed E-state index contributed by atoms with van der Waals surface area (Å²) in [7, 11) is 0. The number of Topliss-reactive ketones (excluding diaryl/α,β-unsaturated/α-hetero) is 1. The highest BCUT2D eigenvalue weighted by atomic mass is 16.2. The second kappa shape index (κ2) is 5.08. The Morgan fingerprint density at radius 1 is 1.60 bits per heavy atom. The molecule has 0 bridgehead atoms. The van der Waals surface area contributed by atoms with Crippen LogP contribution >= 0.6 is 0 Å². The third-order valence-electron chi connectivity index (χ3n) is 1.97. The van der Waals surface area contributed by atoms with Crippen LogP contribution in [-0.2, 0) is 9.59 Å². The number of carbonyl (C=O) groups excluding carboxylic acids is 3. The van der Waals surface area contributed by atoms with Gasteiger partial charge >= 0.3 is 6.03 Å². The molecule has 0 radical (unpaired) electrons. The van der Waals surface area contributed by atoms with Crippen molar-refractivity contribution < 1.29 is 14.4 Å². The van der Waals surface area contributed by atoms with E-state index in [1.807, 2.05) is 5.43 Å². The van der Waals surface area contributed by atoms with Gasteiger partial charge in [-0.3, -0.25) is 9.59 Å². The third-order valence-corrected chi connectivity index (χ3v) is 1.97. The molecule has 1 unspecified atom stereocenters. The molecule has 82 valence electrons. The van der Waals surface area contributed by atoms with Crippen molar-refractivity contribution in [3.63, 3.8) is 0 Å². The molecule has 1 atom stereocenters. The van der Waals surface area contributed by atoms with Gasteiger partial charge in [0.25, 0.3) is 5.91 Å². The zero-order valence-electron chi connectivity index (χ0n) is 8.03. The third kappa shape index (κ3) is 3.37. The molecule has 0 spiro atoms. The number of carbonyl (C=O) groups is 3. The van der Waals surface area contributed by atoms with Crippen LogP contribution in [0.5, 0.6) is 0 Å². The average molecular weight is 212 g/mol. The van der Waals surface area contributed by atoms with E-state index >= 15 is 0 Å². The smallest absolute Gasteiger partial charge is 0.332 e. The molecule has 1 saturated heterocycles. The predicted octanol–water partition coefficient (Wildman–Crippen LogP) is -1.26. The molecule has 0 aromatic rings. The van der Waals surface area contributed by atoms with E-state index in [9.17, 15) is 14.4 Å². The van der Waals surface area contributed by atoms with Crippen LogP contribution in [0.2, 0.25) is 0 Å². The molecule has 7 nitrogen and oxygen atoms in total. The van der Waals surface area contributed by atoms with Crippen LogP contribution in [0.1, 0.15) is 12.8 Å². The topological polar surface area (TPSA) is 114 Å². The Balaban J connectivity index is 2.58. The summed E-state index contributed by atoms with van der Waals surface area (Å²) in [6.45, 7) is 0.484. The van der Waals surface area contributed by atoms with Crippen molar-refractivity contribution in [2.45, 2.75) is 12.8 Å². The molecule has 3 amide bonds. The molecule has 15 heavy (non-hydrogen) atoms. The van der Waals surface area contributed by atoms with Crippen molar-refractivity contribution in [2.24, 2.45) is 16.8 Å². The molecular weight excluding hydrogens is 200 g/mol. The number of nitrogens with two attached hydrogens (primary N) is 1. The monoisotopic (exact) mass is 212 g/mol. The Bertz CT molecular complexity index is 313. The van der Waals surface area contributed by atoms with Crippen molar-refractivity contribution in [1.29, 1.82) is 0 Å². The fraction of sp³-hybridized carbons (Fsp3) is 0.500. The fourth-order valence-electron chi connectivity index (χ4n) is 1.24. The number of rotatable bonds is 2. The molecule has 0 aliphatic carbocycles. The molecule has 1 heterocycles. The van der Waals surface area contributed by atoms with Gasteiger partial charge in [0.15, 0.2) is 0 Å². The standard InChI is InChI=1S/C8H12N4O3/c9-8(15)12-11-4-5-2-1-3-10-7(14)6(5)13/h4-5H,1-3H2,(H,10,14)(H3,9,12,15)/b11-4+. The molecule has 4 N–H and O–H groups in total. The molecule has 7 heteroatoms. The van der Waals surface area contributed by atoms with Crippen LogP contribution in [-0.4, -0.2) is 30.5 Å². The normalized spacial score (nSPS) is 22.3. The molecule has 0 aromatic carbocycles. The van der Waals surface area contributed by atoms with Gasteiger partial charge in [0, 0.05) is 12.8 Å². The highest BCUT2D eigenvalue weighted by Crippen LogP contribution is 2.08. The molecule has 1 aliphatic rings. The molecule has 1 fully saturated rings. The van der Waals surface area contributed by atoms with E-state index in [1.165, 1.54) is 6.21 Å². The highest BCUT2D eigenvalue weighted by molar-refractivity contribution is 6.39. The van der Waals surface area contributed by atoms with E-state index in [0.29, 0.717) is 19.4 Å². The van der Waals surface area contributed by atoms with E-state index < -0.39 is 23.6 Å². The van der Waals surface area contributed by atoms with Crippen molar-refractivity contribution in [3.05, 3.63) is 0 Å². The zero-order chi connectivity index (χ0) is 11.3. The summed E-state index contributed by atoms with van der Waals surface area (Å²) < 4.78 is 0. The Morgan fingerprint density at radius 2 is 2.33 bits per heavy atom. The van der Waals surface area contributed by atoms with Gasteiger partial charge in [-0.05, 0) is 12.8 Å². The van der Waals surface area contributed by atoms with Gasteiger partial charge in [-0.2, -0.15) is 5.10 Å². The lowest BCUT2D eigenvalue weighted by Gasteiger charge is -2.03. The first-order valence-corrected chi connectivity index (χ1v) is 4.52. The van der Waals surface area contributed by atoms with E-state index in [2.05, 4.69) is 10.4 Å². The van der Waals surface area contributed by atoms with Crippen LogP contribution in [0, 0.1) is 5.92 Å². The number of hydrogen-bond acceptors (Lipinski definition) is 4. The molecule has 0 aromatic heterocycles. The number of hydrogen-bond donors (Lipinski definition) is 3. The van der Waals surface area contributed by atoms with Gasteiger partial charge in [-0.25, -0.2) is 10.2 Å². The lowest BCUT2D eigenvalue weighted by molar-refractivity contribution is -0.138. The number of nitrogens with one attached hydrogen (secondary N) is 2. The minimum Gasteiger partial charge on any atom is -0.350 e. The molecule has 1 rings (SSSR count). The van der Waals surface area contributed by atoms with Crippen LogP contribution in [0.25, 0.3) is 0 Å². The molecular formula is C8H12N4O3. The maximum atomic E-state index is 11.4. The van der Waals surface area contributed by atoms with Crippen LogP contribution < -0.4 is 16.5 Å². The predicted molar refractivity (Wildman–Crippen MR) is 52.0 cm³/mol. The lowest BCUT2D eigenvalue weighted by Crippen LogP contribution is -2.33. The molecule has 1 aliphatic heterocycles. The fourth-order valence-corrected chi connectivity index (χ4v) is 1.24. The number of urea groups is 1. The first-order valence-electron chi connectivity index (χ1n) is 4.52. The number of primary amides is 1. The van der Waals surface area contributed by atoms with E-state index in [-0.39, 0.29) is 0 Å². The zero-order valence-corrected chi connectivity index (χ0v) is 8.03. The van der Waals surface area contributed by atoms with Gasteiger partial charge in [0.1, 0.15) is 0 Å². The lowest BCUT2D eigenvalue weighted by atomic mass is 10.0. The summed E-state index contributed by atoms with van der Waals surface area (Å²) in [6.07, 6.45) is 2.46. The van der Waals surface area contributed by atoms with E-state index in [1.54, 1.807) is 0 Å². The maximum absolute atomic E-state index is 11.4. The number of hydrazone groups is 1. The van der Waals surface area contributed by atoms with Crippen molar-refractivity contribution in [3.8, 4) is 0 Å². The average Bonchev–Trinajstić information content (AvgIpc) is 2.32. The van der Waals surface area contributed by atoms with Gasteiger partial charge in [0.2, 0.25) is 5.78 Å². The van der Waals surface area contributed by atoms with E-state index in [4.69, 9.17) is 5.73 Å². The molecule has 0 saturated carbocycles. The Hall–Kier alpha value is -1.92. The number of amides is 3. The summed E-state index contributed by atoms with van der Waals surface area (Å²) in [5.41, 5.74) is 6.75. The van der Waals surface area contributed by atoms with Crippen LogP contribution in [0.15, 0.2) is 5.10 Å². The Morgan fingerprint density at radius 3 is 3.00 bits per heavy atom. The minimum atomic E-state index is -0.809. The summed E-state index contributed by atoms with van der Waals surface area (Å²) in [4.78, 5) is 32.7. The minimum absolute atomic E-state index is 0.484. The number of nitrogens with zero attached hydrogens (tertiary/aromatic N) is 1. The summed E-state index contributed by atoms with van der Waals surface area (Å²) in [5, 5.41) is 5.93. The van der Waals surface area contributed by atoms with Crippen LogP contribution in [0.3, 0.4) is 0 Å². The van der Waals surface area contributed by atoms with Gasteiger partial charge in [-0.15, -0.1) is 0 Å². The largest absolute Gasteiger partial charge is 0.350 e. The second-order valence-corrected chi connectivity index (χ2v) is 3.12.